The van der Waals surface area contributed by atoms with Crippen LogP contribution in [-0.4, -0.2) is 27.4 Å². The molecule has 0 radical (unpaired) electrons. The number of nitrogens with zero attached hydrogens (tertiary/aromatic N) is 1. The van der Waals surface area contributed by atoms with E-state index in [1.54, 1.807) is 36.7 Å². The molecule has 1 fully saturated rings. The Kier molecular flexibility index (Phi) is 2.86. The molecule has 1 atom stereocenters. The fourth-order valence-corrected chi connectivity index (χ4v) is 2.11. The zero-order chi connectivity index (χ0) is 14.1. The van der Waals surface area contributed by atoms with Crippen molar-refractivity contribution in [3.63, 3.8) is 0 Å². The summed E-state index contributed by atoms with van der Waals surface area (Å²) in [7, 11) is 0. The Balaban J connectivity index is 1.77. The third-order valence-corrected chi connectivity index (χ3v) is 3.10. The maximum absolute atomic E-state index is 11.5. The van der Waals surface area contributed by atoms with Crippen molar-refractivity contribution in [2.75, 3.05) is 5.32 Å². The van der Waals surface area contributed by atoms with Crippen molar-refractivity contribution in [1.29, 1.82) is 0 Å². The van der Waals surface area contributed by atoms with Gasteiger partial charge in [0.15, 0.2) is 0 Å². The van der Waals surface area contributed by atoms with Crippen LogP contribution in [0.4, 0.5) is 5.69 Å². The maximum atomic E-state index is 11.5. The molecule has 20 heavy (non-hydrogen) atoms. The number of H-pyrrole nitrogens is 1. The molecule has 0 aliphatic carbocycles. The Morgan fingerprint density at radius 3 is 2.45 bits per heavy atom. The second-order valence-corrected chi connectivity index (χ2v) is 4.50. The summed E-state index contributed by atoms with van der Waals surface area (Å²) in [6.45, 7) is 0. The van der Waals surface area contributed by atoms with Crippen LogP contribution in [0.25, 0.3) is 5.69 Å². The predicted octanol–water partition coefficient (Wildman–Crippen LogP) is -0.00740. The van der Waals surface area contributed by atoms with E-state index in [9.17, 15) is 14.4 Å². The van der Waals surface area contributed by atoms with Crippen molar-refractivity contribution in [1.82, 2.24) is 14.9 Å². The lowest BCUT2D eigenvalue weighted by Crippen LogP contribution is -2.29. The fourth-order valence-electron chi connectivity index (χ4n) is 2.11. The van der Waals surface area contributed by atoms with Gasteiger partial charge in [-0.1, -0.05) is 0 Å². The molecule has 1 aromatic heterocycles. The molecule has 1 unspecified atom stereocenters. The Bertz CT molecular complexity index is 714. The minimum Gasteiger partial charge on any atom is -0.373 e. The Morgan fingerprint density at radius 2 is 1.90 bits per heavy atom. The third kappa shape index (κ3) is 2.20. The summed E-state index contributed by atoms with van der Waals surface area (Å²) in [5.41, 5.74) is 1.22. The second-order valence-electron chi connectivity index (χ2n) is 4.50. The molecule has 0 bridgehead atoms. The molecule has 1 aliphatic rings. The number of hydrogen-bond donors (Lipinski definition) is 3. The summed E-state index contributed by atoms with van der Waals surface area (Å²) >= 11 is 0. The van der Waals surface area contributed by atoms with Crippen LogP contribution in [0.15, 0.2) is 41.5 Å². The number of aromatic nitrogens is 2. The second kappa shape index (κ2) is 4.69. The van der Waals surface area contributed by atoms with Crippen molar-refractivity contribution < 1.29 is 9.59 Å². The molecular weight excluding hydrogens is 260 g/mol. The van der Waals surface area contributed by atoms with Crippen LogP contribution >= 0.6 is 0 Å². The van der Waals surface area contributed by atoms with E-state index in [1.807, 2.05) is 0 Å². The SMILES string of the molecule is O=C1CC(Nc2ccc(-n3cc[nH]c3=O)cc2)C(=O)N1. The number of amides is 2. The monoisotopic (exact) mass is 272 g/mol. The minimum absolute atomic E-state index is 0.137. The van der Waals surface area contributed by atoms with E-state index >= 15 is 0 Å². The van der Waals surface area contributed by atoms with Gasteiger partial charge in [-0.15, -0.1) is 0 Å². The first kappa shape index (κ1) is 12.2. The van der Waals surface area contributed by atoms with Gasteiger partial charge < -0.3 is 10.3 Å². The van der Waals surface area contributed by atoms with Crippen LogP contribution < -0.4 is 16.3 Å². The Labute approximate surface area is 113 Å². The fraction of sp³-hybridized carbons (Fsp3) is 0.154. The summed E-state index contributed by atoms with van der Waals surface area (Å²) in [6, 6.07) is 6.48. The highest BCUT2D eigenvalue weighted by atomic mass is 16.2. The van der Waals surface area contributed by atoms with Crippen molar-refractivity contribution in [3.8, 4) is 5.69 Å². The normalized spacial score (nSPS) is 18.1. The standard InChI is InChI=1S/C13H12N4O3/c18-11-7-10(12(19)16-11)15-8-1-3-9(4-2-8)17-6-5-14-13(17)20/h1-6,10,15H,7H2,(H,14,20)(H,16,18,19). The van der Waals surface area contributed by atoms with Gasteiger partial charge in [0.1, 0.15) is 6.04 Å². The van der Waals surface area contributed by atoms with E-state index in [-0.39, 0.29) is 23.9 Å². The lowest BCUT2D eigenvalue weighted by Gasteiger charge is -2.11. The zero-order valence-corrected chi connectivity index (χ0v) is 10.4. The molecule has 1 aromatic carbocycles. The van der Waals surface area contributed by atoms with Gasteiger partial charge in [-0.2, -0.15) is 0 Å². The van der Waals surface area contributed by atoms with E-state index in [0.29, 0.717) is 11.4 Å². The van der Waals surface area contributed by atoms with Gasteiger partial charge >= 0.3 is 5.69 Å². The van der Waals surface area contributed by atoms with E-state index < -0.39 is 6.04 Å². The number of benzene rings is 1. The highest BCUT2D eigenvalue weighted by Crippen LogP contribution is 2.15. The van der Waals surface area contributed by atoms with Crippen LogP contribution in [0.5, 0.6) is 0 Å². The van der Waals surface area contributed by atoms with Crippen LogP contribution in [0.1, 0.15) is 6.42 Å². The molecule has 1 saturated heterocycles. The quantitative estimate of drug-likeness (QED) is 0.685. The molecular formula is C13H12N4O3. The zero-order valence-electron chi connectivity index (χ0n) is 10.4. The lowest BCUT2D eigenvalue weighted by molar-refractivity contribution is -0.124. The number of nitrogens with one attached hydrogen (secondary N) is 3. The van der Waals surface area contributed by atoms with Crippen LogP contribution in [0.2, 0.25) is 0 Å². The molecule has 7 nitrogen and oxygen atoms in total. The summed E-state index contributed by atoms with van der Waals surface area (Å²) in [6.07, 6.45) is 3.33. The van der Waals surface area contributed by atoms with Crippen molar-refractivity contribution in [3.05, 3.63) is 47.1 Å². The molecule has 0 spiro atoms. The number of hydrogen-bond acceptors (Lipinski definition) is 4. The third-order valence-electron chi connectivity index (χ3n) is 3.10. The maximum Gasteiger partial charge on any atom is 0.330 e. The highest BCUT2D eigenvalue weighted by Gasteiger charge is 2.30. The molecule has 3 N–H and O–H groups in total. The largest absolute Gasteiger partial charge is 0.373 e. The summed E-state index contributed by atoms with van der Waals surface area (Å²) in [5, 5.41) is 5.22. The number of imide groups is 1. The molecule has 2 heterocycles. The molecule has 1 aliphatic heterocycles. The van der Waals surface area contributed by atoms with Gasteiger partial charge in [-0.25, -0.2) is 4.79 Å². The summed E-state index contributed by atoms with van der Waals surface area (Å²) in [4.78, 5) is 36.5. The molecule has 2 amide bonds. The van der Waals surface area contributed by atoms with E-state index in [0.717, 1.165) is 0 Å². The van der Waals surface area contributed by atoms with E-state index in [1.165, 1.54) is 4.57 Å². The van der Waals surface area contributed by atoms with Gasteiger partial charge in [0, 0.05) is 18.1 Å². The number of anilines is 1. The average molecular weight is 272 g/mol. The van der Waals surface area contributed by atoms with Gasteiger partial charge in [0.2, 0.25) is 11.8 Å². The minimum atomic E-state index is -0.539. The van der Waals surface area contributed by atoms with Crippen molar-refractivity contribution >= 4 is 17.5 Å². The Hall–Kier alpha value is -2.83. The van der Waals surface area contributed by atoms with Gasteiger partial charge in [0.05, 0.1) is 12.1 Å². The average Bonchev–Trinajstić information content (AvgIpc) is 2.97. The van der Waals surface area contributed by atoms with Crippen molar-refractivity contribution in [2.45, 2.75) is 12.5 Å². The molecule has 102 valence electrons. The lowest BCUT2D eigenvalue weighted by atomic mass is 10.2. The topological polar surface area (TPSA) is 96.0 Å². The molecule has 2 aromatic rings. The van der Waals surface area contributed by atoms with Gasteiger partial charge in [-0.3, -0.25) is 19.5 Å². The summed E-state index contributed by atoms with van der Waals surface area (Å²) in [5.74, 6) is -0.594. The van der Waals surface area contributed by atoms with Crippen LogP contribution in [0.3, 0.4) is 0 Å². The molecule has 3 rings (SSSR count). The highest BCUT2D eigenvalue weighted by molar-refractivity contribution is 6.06. The smallest absolute Gasteiger partial charge is 0.330 e. The van der Waals surface area contributed by atoms with Gasteiger partial charge in [-0.05, 0) is 24.3 Å². The van der Waals surface area contributed by atoms with E-state index in [4.69, 9.17) is 0 Å². The summed E-state index contributed by atoms with van der Waals surface area (Å²) < 4.78 is 1.47. The first-order valence-electron chi connectivity index (χ1n) is 6.10. The molecule has 7 heteroatoms. The number of aromatic amines is 1. The number of carbonyl (C=O) groups is 2. The Morgan fingerprint density at radius 1 is 1.15 bits per heavy atom. The van der Waals surface area contributed by atoms with Crippen LogP contribution in [0, 0.1) is 0 Å². The predicted molar refractivity (Wildman–Crippen MR) is 71.6 cm³/mol. The van der Waals surface area contributed by atoms with Crippen LogP contribution in [-0.2, 0) is 9.59 Å². The molecule has 0 saturated carbocycles. The van der Waals surface area contributed by atoms with E-state index in [2.05, 4.69) is 15.6 Å². The number of imidazole rings is 1. The van der Waals surface area contributed by atoms with Crippen molar-refractivity contribution in [2.24, 2.45) is 0 Å². The first-order chi connectivity index (χ1) is 9.63. The number of rotatable bonds is 3. The van der Waals surface area contributed by atoms with Gasteiger partial charge in [0.25, 0.3) is 0 Å². The first-order valence-corrected chi connectivity index (χ1v) is 6.10. The number of carbonyl (C=O) groups excluding carboxylic acids is 2.